The molecule has 20 heavy (non-hydrogen) atoms. The number of hydrogen-bond donors (Lipinski definition) is 1. The van der Waals surface area contributed by atoms with Gasteiger partial charge in [-0.25, -0.2) is 4.79 Å². The van der Waals surface area contributed by atoms with Crippen molar-refractivity contribution in [3.8, 4) is 0 Å². The van der Waals surface area contributed by atoms with E-state index in [0.29, 0.717) is 5.76 Å². The molecule has 0 aliphatic carbocycles. The van der Waals surface area contributed by atoms with Gasteiger partial charge >= 0.3 is 5.97 Å². The van der Waals surface area contributed by atoms with E-state index in [1.165, 1.54) is 16.7 Å². The molecule has 0 fully saturated rings. The smallest absolute Gasteiger partial charge is 0.358 e. The lowest BCUT2D eigenvalue weighted by atomic mass is 10.2. The Morgan fingerprint density at radius 2 is 2.05 bits per heavy atom. The minimum atomic E-state index is -1.16. The normalized spacial score (nSPS) is 10.8. The zero-order chi connectivity index (χ0) is 14.1. The molecule has 0 aliphatic heterocycles. The summed E-state index contributed by atoms with van der Waals surface area (Å²) >= 11 is 0. The highest BCUT2D eigenvalue weighted by atomic mass is 16.5. The van der Waals surface area contributed by atoms with Gasteiger partial charge in [-0.2, -0.15) is 0 Å². The fraction of sp³-hybridized carbons (Fsp3) is 0.0714. The average Bonchev–Trinajstić information content (AvgIpc) is 2.91. The summed E-state index contributed by atoms with van der Waals surface area (Å²) in [5.41, 5.74) is 0.401. The van der Waals surface area contributed by atoms with E-state index in [4.69, 9.17) is 9.63 Å². The summed E-state index contributed by atoms with van der Waals surface area (Å²) in [5.74, 6) is -0.842. The number of hydrogen-bond acceptors (Lipinski definition) is 4. The lowest BCUT2D eigenvalue weighted by Crippen LogP contribution is -2.19. The number of carboxylic acid groups (broad SMARTS) is 1. The molecule has 3 rings (SSSR count). The quantitative estimate of drug-likeness (QED) is 0.783. The molecule has 1 aromatic carbocycles. The Bertz CT molecular complexity index is 848. The van der Waals surface area contributed by atoms with E-state index in [2.05, 4.69) is 5.16 Å². The van der Waals surface area contributed by atoms with Crippen LogP contribution in [0.4, 0.5) is 0 Å². The third-order valence-corrected chi connectivity index (χ3v) is 2.99. The van der Waals surface area contributed by atoms with Gasteiger partial charge in [-0.05, 0) is 17.5 Å². The predicted molar refractivity (Wildman–Crippen MR) is 70.8 cm³/mol. The molecule has 0 saturated carbocycles. The summed E-state index contributed by atoms with van der Waals surface area (Å²) in [6.07, 6.45) is 0. The van der Waals surface area contributed by atoms with Crippen molar-refractivity contribution in [3.63, 3.8) is 0 Å². The van der Waals surface area contributed by atoms with Crippen LogP contribution in [0.2, 0.25) is 0 Å². The first kappa shape index (κ1) is 12.2. The summed E-state index contributed by atoms with van der Waals surface area (Å²) in [4.78, 5) is 22.7. The van der Waals surface area contributed by atoms with Crippen molar-refractivity contribution in [2.24, 2.45) is 0 Å². The van der Waals surface area contributed by atoms with Crippen LogP contribution in [0.15, 0.2) is 51.8 Å². The number of fused-ring (bicyclic) bond motifs is 1. The lowest BCUT2D eigenvalue weighted by molar-refractivity contribution is 0.0685. The number of nitrogens with zero attached hydrogens (tertiary/aromatic N) is 2. The van der Waals surface area contributed by atoms with Crippen LogP contribution in [-0.4, -0.2) is 20.8 Å². The van der Waals surface area contributed by atoms with Crippen LogP contribution in [0.25, 0.3) is 10.9 Å². The van der Waals surface area contributed by atoms with Gasteiger partial charge in [0.1, 0.15) is 0 Å². The minimum Gasteiger partial charge on any atom is -0.476 e. The van der Waals surface area contributed by atoms with Gasteiger partial charge in [0.2, 0.25) is 0 Å². The number of aromatic carboxylic acids is 1. The Hall–Kier alpha value is -2.89. The molecule has 0 atom stereocenters. The van der Waals surface area contributed by atoms with Crippen molar-refractivity contribution >= 4 is 16.9 Å². The Balaban J connectivity index is 2.07. The van der Waals surface area contributed by atoms with Crippen molar-refractivity contribution < 1.29 is 14.4 Å². The zero-order valence-electron chi connectivity index (χ0n) is 10.3. The van der Waals surface area contributed by atoms with E-state index in [1.54, 1.807) is 6.07 Å². The van der Waals surface area contributed by atoms with Gasteiger partial charge in [0, 0.05) is 12.1 Å². The lowest BCUT2D eigenvalue weighted by Gasteiger charge is -2.07. The van der Waals surface area contributed by atoms with E-state index in [1.807, 2.05) is 24.3 Å². The molecule has 0 aliphatic rings. The van der Waals surface area contributed by atoms with Crippen LogP contribution in [0.1, 0.15) is 16.2 Å². The summed E-state index contributed by atoms with van der Waals surface area (Å²) < 4.78 is 6.46. The van der Waals surface area contributed by atoms with Crippen molar-refractivity contribution in [2.45, 2.75) is 6.54 Å². The Morgan fingerprint density at radius 3 is 2.80 bits per heavy atom. The van der Waals surface area contributed by atoms with Gasteiger partial charge < -0.3 is 14.2 Å². The molecule has 0 saturated heterocycles. The van der Waals surface area contributed by atoms with Gasteiger partial charge in [0.15, 0.2) is 11.5 Å². The van der Waals surface area contributed by atoms with E-state index in [-0.39, 0.29) is 17.8 Å². The number of para-hydroxylation sites is 1. The molecule has 0 bridgehead atoms. The number of carboxylic acids is 1. The van der Waals surface area contributed by atoms with E-state index < -0.39 is 5.97 Å². The molecule has 0 amide bonds. The maximum absolute atomic E-state index is 12.0. The second kappa shape index (κ2) is 4.65. The zero-order valence-corrected chi connectivity index (χ0v) is 10.3. The maximum Gasteiger partial charge on any atom is 0.358 e. The first-order valence-electron chi connectivity index (χ1n) is 5.92. The molecular weight excluding hydrogens is 260 g/mol. The van der Waals surface area contributed by atoms with Crippen LogP contribution in [0.5, 0.6) is 0 Å². The molecule has 2 aromatic heterocycles. The molecule has 3 aromatic rings. The van der Waals surface area contributed by atoms with Gasteiger partial charge in [-0.1, -0.05) is 23.4 Å². The van der Waals surface area contributed by atoms with Gasteiger partial charge in [-0.15, -0.1) is 0 Å². The number of carbonyl (C=O) groups is 1. The van der Waals surface area contributed by atoms with Crippen LogP contribution in [0, 0.1) is 0 Å². The minimum absolute atomic E-state index is 0.139. The molecule has 100 valence electrons. The molecular formula is C14H10N2O4. The van der Waals surface area contributed by atoms with Gasteiger partial charge in [0.05, 0.1) is 12.1 Å². The van der Waals surface area contributed by atoms with Crippen LogP contribution >= 0.6 is 0 Å². The topological polar surface area (TPSA) is 85.3 Å². The van der Waals surface area contributed by atoms with Crippen molar-refractivity contribution in [1.29, 1.82) is 0 Å². The molecule has 1 N–H and O–H groups in total. The van der Waals surface area contributed by atoms with Gasteiger partial charge in [-0.3, -0.25) is 4.79 Å². The molecule has 0 spiro atoms. The highest BCUT2D eigenvalue weighted by Gasteiger charge is 2.12. The van der Waals surface area contributed by atoms with Crippen molar-refractivity contribution in [2.75, 3.05) is 0 Å². The van der Waals surface area contributed by atoms with E-state index >= 15 is 0 Å². The van der Waals surface area contributed by atoms with Crippen molar-refractivity contribution in [3.05, 3.63) is 64.3 Å². The number of benzene rings is 1. The first-order chi connectivity index (χ1) is 9.65. The molecule has 0 radical (unpaired) electrons. The Labute approximate surface area is 112 Å². The molecule has 6 nitrogen and oxygen atoms in total. The summed E-state index contributed by atoms with van der Waals surface area (Å²) in [7, 11) is 0. The standard InChI is InChI=1S/C14H10N2O4/c17-13-6-5-9-3-1-2-4-12(9)16(13)8-10-7-11(14(18)19)15-20-10/h1-7H,8H2,(H,18,19). The summed E-state index contributed by atoms with van der Waals surface area (Å²) in [6.45, 7) is 0.139. The van der Waals surface area contributed by atoms with E-state index in [9.17, 15) is 9.59 Å². The second-order valence-corrected chi connectivity index (χ2v) is 4.30. The molecule has 6 heteroatoms. The highest BCUT2D eigenvalue weighted by Crippen LogP contribution is 2.13. The van der Waals surface area contributed by atoms with Crippen molar-refractivity contribution in [1.82, 2.24) is 9.72 Å². The Morgan fingerprint density at radius 1 is 1.25 bits per heavy atom. The average molecular weight is 270 g/mol. The molecule has 2 heterocycles. The first-order valence-corrected chi connectivity index (χ1v) is 5.92. The van der Waals surface area contributed by atoms with Crippen LogP contribution in [0.3, 0.4) is 0 Å². The summed E-state index contributed by atoms with van der Waals surface area (Å²) in [6, 6.07) is 12.0. The fourth-order valence-corrected chi connectivity index (χ4v) is 2.05. The Kier molecular flexibility index (Phi) is 2.83. The monoisotopic (exact) mass is 270 g/mol. The SMILES string of the molecule is O=C(O)c1cc(Cn2c(=O)ccc3ccccc32)on1. The van der Waals surface area contributed by atoms with Crippen LogP contribution in [-0.2, 0) is 6.54 Å². The van der Waals surface area contributed by atoms with Gasteiger partial charge in [0.25, 0.3) is 5.56 Å². The molecule has 0 unspecified atom stereocenters. The second-order valence-electron chi connectivity index (χ2n) is 4.30. The fourth-order valence-electron chi connectivity index (χ4n) is 2.05. The third kappa shape index (κ3) is 2.07. The summed E-state index contributed by atoms with van der Waals surface area (Å²) in [5, 5.41) is 13.2. The number of pyridine rings is 1. The maximum atomic E-state index is 12.0. The predicted octanol–water partition coefficient (Wildman–Crippen LogP) is 1.74. The number of rotatable bonds is 3. The third-order valence-electron chi connectivity index (χ3n) is 2.99. The number of aromatic nitrogens is 2. The van der Waals surface area contributed by atoms with Crippen LogP contribution < -0.4 is 5.56 Å². The highest BCUT2D eigenvalue weighted by molar-refractivity contribution is 5.85. The van der Waals surface area contributed by atoms with E-state index in [0.717, 1.165) is 10.9 Å². The largest absolute Gasteiger partial charge is 0.476 e.